The predicted molar refractivity (Wildman–Crippen MR) is 71.9 cm³/mol. The smallest absolute Gasteiger partial charge is 0.303 e. The first kappa shape index (κ1) is 17.7. The van der Waals surface area contributed by atoms with E-state index >= 15 is 0 Å². The minimum Gasteiger partial charge on any atom is -0.451 e. The molecule has 5 heteroatoms. The molecule has 18 heavy (non-hydrogen) atoms. The van der Waals surface area contributed by atoms with Crippen LogP contribution in [0.3, 0.4) is 0 Å². The third-order valence-corrected chi connectivity index (χ3v) is 3.90. The maximum atomic E-state index is 13.2. The first-order chi connectivity index (χ1) is 8.28. The molecule has 0 aliphatic rings. The van der Waals surface area contributed by atoms with E-state index in [0.717, 1.165) is 0 Å². The highest BCUT2D eigenvalue weighted by atomic mass is 32.2. The minimum atomic E-state index is -2.55. The zero-order valence-electron chi connectivity index (χ0n) is 11.7. The summed E-state index contributed by atoms with van der Waals surface area (Å²) >= 11 is 1.44. The maximum Gasteiger partial charge on any atom is 0.303 e. The van der Waals surface area contributed by atoms with Gasteiger partial charge in [-0.1, -0.05) is 27.2 Å². The van der Waals surface area contributed by atoms with Gasteiger partial charge in [-0.3, -0.25) is 4.79 Å². The largest absolute Gasteiger partial charge is 0.451 e. The van der Waals surface area contributed by atoms with Gasteiger partial charge in [-0.05, 0) is 18.1 Å². The molecule has 0 fully saturated rings. The quantitative estimate of drug-likeness (QED) is 0.354. The average molecular weight is 282 g/mol. The SMILES string of the molecule is CCCC(F)(F)CCCSC(OC(C)=O)C(C)C. The number of hydrogen-bond acceptors (Lipinski definition) is 3. The Bertz CT molecular complexity index is 245. The van der Waals surface area contributed by atoms with Crippen LogP contribution in [0.2, 0.25) is 0 Å². The van der Waals surface area contributed by atoms with Crippen molar-refractivity contribution in [1.82, 2.24) is 0 Å². The van der Waals surface area contributed by atoms with Crippen molar-refractivity contribution in [2.45, 2.75) is 64.7 Å². The van der Waals surface area contributed by atoms with Crippen LogP contribution >= 0.6 is 11.8 Å². The highest BCUT2D eigenvalue weighted by Crippen LogP contribution is 2.28. The summed E-state index contributed by atoms with van der Waals surface area (Å²) in [6, 6.07) is 0. The molecule has 0 saturated heterocycles. The molecular weight excluding hydrogens is 258 g/mol. The van der Waals surface area contributed by atoms with Crippen molar-refractivity contribution in [2.24, 2.45) is 5.92 Å². The van der Waals surface area contributed by atoms with Crippen molar-refractivity contribution in [3.63, 3.8) is 0 Å². The van der Waals surface area contributed by atoms with Crippen LogP contribution in [0.5, 0.6) is 0 Å². The zero-order valence-corrected chi connectivity index (χ0v) is 12.5. The van der Waals surface area contributed by atoms with E-state index in [9.17, 15) is 13.6 Å². The maximum absolute atomic E-state index is 13.2. The molecule has 0 amide bonds. The molecule has 1 atom stereocenters. The lowest BCUT2D eigenvalue weighted by atomic mass is 10.1. The number of alkyl halides is 2. The fourth-order valence-electron chi connectivity index (χ4n) is 1.55. The van der Waals surface area contributed by atoms with Crippen LogP contribution in [0.1, 0.15) is 53.4 Å². The minimum absolute atomic E-state index is 0.0464. The van der Waals surface area contributed by atoms with Gasteiger partial charge in [-0.2, -0.15) is 0 Å². The molecule has 0 spiro atoms. The van der Waals surface area contributed by atoms with E-state index in [1.807, 2.05) is 13.8 Å². The Balaban J connectivity index is 3.89. The fourth-order valence-corrected chi connectivity index (χ4v) is 2.68. The van der Waals surface area contributed by atoms with E-state index < -0.39 is 5.92 Å². The van der Waals surface area contributed by atoms with Crippen molar-refractivity contribution >= 4 is 17.7 Å². The van der Waals surface area contributed by atoms with Gasteiger partial charge < -0.3 is 4.74 Å². The lowest BCUT2D eigenvalue weighted by Crippen LogP contribution is -2.20. The van der Waals surface area contributed by atoms with Crippen molar-refractivity contribution in [3.05, 3.63) is 0 Å². The Morgan fingerprint density at radius 1 is 1.33 bits per heavy atom. The molecule has 0 aromatic heterocycles. The van der Waals surface area contributed by atoms with Gasteiger partial charge in [0.2, 0.25) is 5.92 Å². The number of esters is 1. The normalized spacial score (nSPS) is 13.7. The van der Waals surface area contributed by atoms with Gasteiger partial charge in [0.05, 0.1) is 0 Å². The van der Waals surface area contributed by atoms with Crippen LogP contribution < -0.4 is 0 Å². The summed E-state index contributed by atoms with van der Waals surface area (Å²) < 4.78 is 31.6. The summed E-state index contributed by atoms with van der Waals surface area (Å²) in [6.07, 6.45) is 0.818. The van der Waals surface area contributed by atoms with Crippen molar-refractivity contribution < 1.29 is 18.3 Å². The number of carbonyl (C=O) groups excluding carboxylic acids is 1. The zero-order chi connectivity index (χ0) is 14.2. The molecule has 0 aliphatic carbocycles. The first-order valence-electron chi connectivity index (χ1n) is 6.45. The van der Waals surface area contributed by atoms with Crippen LogP contribution in [-0.2, 0) is 9.53 Å². The summed E-state index contributed by atoms with van der Waals surface area (Å²) in [4.78, 5) is 10.9. The van der Waals surface area contributed by atoms with Gasteiger partial charge in [0.25, 0.3) is 0 Å². The molecule has 0 saturated carbocycles. The summed E-state index contributed by atoms with van der Waals surface area (Å²) in [5.41, 5.74) is -0.234. The van der Waals surface area contributed by atoms with Crippen LogP contribution in [0, 0.1) is 5.92 Å². The predicted octanol–water partition coefficient (Wildman–Crippen LogP) is 4.48. The molecule has 0 N–H and O–H groups in total. The van der Waals surface area contributed by atoms with Crippen molar-refractivity contribution in [2.75, 3.05) is 5.75 Å². The standard InChI is InChI=1S/C13H24F2O2S/c1-5-7-13(14,15)8-6-9-18-12(10(2)3)17-11(4)16/h10,12H,5-9H2,1-4H3. The second kappa shape index (κ2) is 8.73. The van der Waals surface area contributed by atoms with E-state index in [-0.39, 0.29) is 30.2 Å². The van der Waals surface area contributed by atoms with E-state index in [4.69, 9.17) is 4.74 Å². The molecule has 108 valence electrons. The Morgan fingerprint density at radius 2 is 1.94 bits per heavy atom. The van der Waals surface area contributed by atoms with Crippen molar-refractivity contribution in [1.29, 1.82) is 0 Å². The monoisotopic (exact) mass is 282 g/mol. The molecule has 0 aliphatic heterocycles. The number of carbonyl (C=O) groups is 1. The van der Waals surface area contributed by atoms with E-state index in [1.54, 1.807) is 6.92 Å². The van der Waals surface area contributed by atoms with E-state index in [0.29, 0.717) is 18.6 Å². The van der Waals surface area contributed by atoms with Gasteiger partial charge in [0.15, 0.2) is 0 Å². The lowest BCUT2D eigenvalue weighted by molar-refractivity contribution is -0.143. The van der Waals surface area contributed by atoms with E-state index in [1.165, 1.54) is 18.7 Å². The number of hydrogen-bond donors (Lipinski definition) is 0. The van der Waals surface area contributed by atoms with Gasteiger partial charge >= 0.3 is 5.97 Å². The Kier molecular flexibility index (Phi) is 8.57. The van der Waals surface area contributed by atoms with Gasteiger partial charge in [-0.15, -0.1) is 11.8 Å². The first-order valence-corrected chi connectivity index (χ1v) is 7.50. The second-order valence-corrected chi connectivity index (χ2v) is 6.01. The highest BCUT2D eigenvalue weighted by molar-refractivity contribution is 7.99. The summed E-state index contributed by atoms with van der Waals surface area (Å²) in [6.45, 7) is 7.03. The number of thioether (sulfide) groups is 1. The average Bonchev–Trinajstić information content (AvgIpc) is 2.21. The van der Waals surface area contributed by atoms with Gasteiger partial charge in [0.1, 0.15) is 5.44 Å². The number of halogens is 2. The molecule has 2 nitrogen and oxygen atoms in total. The van der Waals surface area contributed by atoms with Crippen LogP contribution in [0.4, 0.5) is 8.78 Å². The fraction of sp³-hybridized carbons (Fsp3) is 0.923. The molecular formula is C13H24F2O2S. The lowest BCUT2D eigenvalue weighted by Gasteiger charge is -2.20. The molecule has 0 bridgehead atoms. The molecule has 0 radical (unpaired) electrons. The molecule has 0 rings (SSSR count). The third-order valence-electron chi connectivity index (χ3n) is 2.41. The number of rotatable bonds is 9. The molecule has 0 aromatic rings. The second-order valence-electron chi connectivity index (χ2n) is 4.80. The van der Waals surface area contributed by atoms with Crippen LogP contribution in [0.15, 0.2) is 0 Å². The van der Waals surface area contributed by atoms with Crippen LogP contribution in [-0.4, -0.2) is 23.1 Å². The Morgan fingerprint density at radius 3 is 2.39 bits per heavy atom. The number of ether oxygens (including phenoxy) is 1. The summed E-state index contributed by atoms with van der Waals surface area (Å²) in [5.74, 6) is -2.09. The van der Waals surface area contributed by atoms with Crippen molar-refractivity contribution in [3.8, 4) is 0 Å². The highest BCUT2D eigenvalue weighted by Gasteiger charge is 2.27. The summed E-state index contributed by atoms with van der Waals surface area (Å²) in [7, 11) is 0. The van der Waals surface area contributed by atoms with Gasteiger partial charge in [0, 0.05) is 19.8 Å². The molecule has 1 unspecified atom stereocenters. The van der Waals surface area contributed by atoms with Crippen LogP contribution in [0.25, 0.3) is 0 Å². The third kappa shape index (κ3) is 8.72. The van der Waals surface area contributed by atoms with E-state index in [2.05, 4.69) is 0 Å². The molecule has 0 heterocycles. The topological polar surface area (TPSA) is 26.3 Å². The summed E-state index contributed by atoms with van der Waals surface area (Å²) in [5, 5.41) is 0. The Hall–Kier alpha value is -0.320. The van der Waals surface area contributed by atoms with Gasteiger partial charge in [-0.25, -0.2) is 8.78 Å². The molecule has 0 aromatic carbocycles. The Labute approximate surface area is 113 Å².